The molecular formula is C16H17N3O2S. The van der Waals surface area contributed by atoms with Gasteiger partial charge in [-0.3, -0.25) is 15.0 Å². The maximum Gasteiger partial charge on any atom is 0.247 e. The quantitative estimate of drug-likeness (QED) is 0.672. The van der Waals surface area contributed by atoms with E-state index in [0.717, 1.165) is 21.1 Å². The lowest BCUT2D eigenvalue weighted by molar-refractivity contribution is -0.130. The average molecular weight is 315 g/mol. The van der Waals surface area contributed by atoms with E-state index >= 15 is 0 Å². The predicted molar refractivity (Wildman–Crippen MR) is 82.0 cm³/mol. The summed E-state index contributed by atoms with van der Waals surface area (Å²) in [5, 5.41) is 10.0. The molecule has 0 bridgehead atoms. The summed E-state index contributed by atoms with van der Waals surface area (Å²) in [6, 6.07) is 4.12. The summed E-state index contributed by atoms with van der Waals surface area (Å²) in [6.07, 6.45) is 6.10. The number of nitrogens with one attached hydrogen (secondary N) is 1. The Bertz CT molecular complexity index is 726. The zero-order valence-electron chi connectivity index (χ0n) is 12.2. The lowest BCUT2D eigenvalue weighted by Gasteiger charge is -2.03. The van der Waals surface area contributed by atoms with Crippen LogP contribution in [0.5, 0.6) is 0 Å². The van der Waals surface area contributed by atoms with E-state index in [9.17, 15) is 4.79 Å². The lowest BCUT2D eigenvalue weighted by Crippen LogP contribution is -2.21. The van der Waals surface area contributed by atoms with Crippen molar-refractivity contribution in [3.8, 4) is 0 Å². The Hall–Kier alpha value is -1.79. The van der Waals surface area contributed by atoms with E-state index in [1.165, 1.54) is 12.8 Å². The van der Waals surface area contributed by atoms with Crippen LogP contribution in [0.3, 0.4) is 0 Å². The number of carbonyl (C=O) groups is 1. The molecule has 2 aromatic rings. The fourth-order valence-electron chi connectivity index (χ4n) is 3.29. The van der Waals surface area contributed by atoms with Crippen LogP contribution >= 0.6 is 11.3 Å². The third kappa shape index (κ3) is 2.32. The van der Waals surface area contributed by atoms with Crippen LogP contribution in [0, 0.1) is 12.8 Å². The monoisotopic (exact) mass is 315 g/mol. The Balaban J connectivity index is 1.66. The van der Waals surface area contributed by atoms with Crippen molar-refractivity contribution in [3.05, 3.63) is 45.7 Å². The molecule has 1 amide bonds. The largest absolute Gasteiger partial charge is 0.289 e. The fourth-order valence-corrected chi connectivity index (χ4v) is 4.27. The van der Waals surface area contributed by atoms with Crippen molar-refractivity contribution in [2.75, 3.05) is 0 Å². The number of nitrogens with zero attached hydrogens (tertiary/aromatic N) is 2. The van der Waals surface area contributed by atoms with Crippen LogP contribution in [0.1, 0.15) is 51.7 Å². The highest BCUT2D eigenvalue weighted by molar-refractivity contribution is 7.11. The van der Waals surface area contributed by atoms with Gasteiger partial charge in [0.25, 0.3) is 0 Å². The minimum atomic E-state index is -0.314. The van der Waals surface area contributed by atoms with Gasteiger partial charge in [0.2, 0.25) is 5.91 Å². The smallest absolute Gasteiger partial charge is 0.247 e. The molecule has 2 saturated carbocycles. The van der Waals surface area contributed by atoms with Gasteiger partial charge in [0.05, 0.1) is 10.9 Å². The molecule has 3 atom stereocenters. The molecule has 4 rings (SSSR count). The maximum atomic E-state index is 12.0. The van der Waals surface area contributed by atoms with Crippen molar-refractivity contribution < 1.29 is 10.0 Å². The summed E-state index contributed by atoms with van der Waals surface area (Å²) in [4.78, 5) is 21.8. The summed E-state index contributed by atoms with van der Waals surface area (Å²) >= 11 is 1.62. The van der Waals surface area contributed by atoms with Gasteiger partial charge in [-0.05, 0) is 37.5 Å². The second kappa shape index (κ2) is 5.14. The molecule has 0 spiro atoms. The highest BCUT2D eigenvalue weighted by Crippen LogP contribution is 2.61. The molecular weight excluding hydrogens is 298 g/mol. The van der Waals surface area contributed by atoms with Crippen molar-refractivity contribution in [1.29, 1.82) is 0 Å². The Kier molecular flexibility index (Phi) is 3.23. The number of aryl methyl sites for hydroxylation is 1. The molecule has 22 heavy (non-hydrogen) atoms. The Labute approximate surface area is 132 Å². The first-order valence-corrected chi connectivity index (χ1v) is 8.33. The van der Waals surface area contributed by atoms with Crippen LogP contribution in [0.15, 0.2) is 24.5 Å². The van der Waals surface area contributed by atoms with E-state index in [-0.39, 0.29) is 23.7 Å². The van der Waals surface area contributed by atoms with E-state index in [4.69, 9.17) is 5.21 Å². The van der Waals surface area contributed by atoms with Gasteiger partial charge in [-0.2, -0.15) is 0 Å². The number of hydrogen-bond donors (Lipinski definition) is 2. The Morgan fingerprint density at radius 2 is 2.18 bits per heavy atom. The van der Waals surface area contributed by atoms with E-state index in [0.29, 0.717) is 5.92 Å². The van der Waals surface area contributed by atoms with Crippen LogP contribution in [-0.2, 0) is 4.79 Å². The first-order valence-electron chi connectivity index (χ1n) is 7.51. The molecule has 6 heteroatoms. The number of hydrogen-bond acceptors (Lipinski definition) is 5. The minimum absolute atomic E-state index is 0.104. The molecule has 114 valence electrons. The summed E-state index contributed by atoms with van der Waals surface area (Å²) in [5.74, 6) is 0.262. The first kappa shape index (κ1) is 13.8. The van der Waals surface area contributed by atoms with Crippen molar-refractivity contribution in [1.82, 2.24) is 15.4 Å². The molecule has 2 heterocycles. The van der Waals surface area contributed by atoms with Gasteiger partial charge in [-0.1, -0.05) is 0 Å². The highest BCUT2D eigenvalue weighted by atomic mass is 32.1. The number of amides is 1. The van der Waals surface area contributed by atoms with Gasteiger partial charge in [0.1, 0.15) is 0 Å². The van der Waals surface area contributed by atoms with Crippen molar-refractivity contribution >= 4 is 17.2 Å². The van der Waals surface area contributed by atoms with E-state index in [2.05, 4.69) is 16.0 Å². The lowest BCUT2D eigenvalue weighted by atomic mass is 10.1. The number of rotatable bonds is 4. The molecule has 0 unspecified atom stereocenters. The van der Waals surface area contributed by atoms with Gasteiger partial charge in [-0.25, -0.2) is 10.5 Å². The van der Waals surface area contributed by atoms with Gasteiger partial charge in [0, 0.05) is 40.7 Å². The summed E-state index contributed by atoms with van der Waals surface area (Å²) < 4.78 is 0. The molecule has 2 N–H and O–H groups in total. The number of hydroxylamine groups is 1. The molecule has 2 fully saturated rings. The van der Waals surface area contributed by atoms with E-state index in [1.54, 1.807) is 11.3 Å². The van der Waals surface area contributed by atoms with Crippen molar-refractivity contribution in [2.45, 2.75) is 37.5 Å². The number of pyridine rings is 1. The maximum absolute atomic E-state index is 12.0. The van der Waals surface area contributed by atoms with Crippen LogP contribution in [-0.4, -0.2) is 21.1 Å². The Morgan fingerprint density at radius 1 is 1.36 bits per heavy atom. The molecule has 0 aromatic carbocycles. The van der Waals surface area contributed by atoms with Gasteiger partial charge >= 0.3 is 0 Å². The third-order valence-corrected chi connectivity index (χ3v) is 5.60. The van der Waals surface area contributed by atoms with Gasteiger partial charge < -0.3 is 0 Å². The van der Waals surface area contributed by atoms with Crippen LogP contribution in [0.25, 0.3) is 0 Å². The summed E-state index contributed by atoms with van der Waals surface area (Å²) in [6.45, 7) is 1.96. The van der Waals surface area contributed by atoms with Crippen LogP contribution in [0.2, 0.25) is 0 Å². The SMILES string of the molecule is Cc1ncc([C@H]2[C@H](C(=O)NO)[C@@H]2c2ccnc(C3CC3)c2)s1. The summed E-state index contributed by atoms with van der Waals surface area (Å²) in [7, 11) is 0. The second-order valence-corrected chi connectivity index (χ2v) is 7.39. The number of carbonyl (C=O) groups excluding carboxylic acids is 1. The molecule has 2 aliphatic rings. The average Bonchev–Trinajstić information content (AvgIpc) is 3.44. The standard InChI is InChI=1S/C16H17N3O2S/c1-8-18-7-12(22-8)14-13(15(14)16(20)19-21)10-4-5-17-11(6-10)9-2-3-9/h4-7,9,13-15,21H,2-3H2,1H3,(H,19,20)/t13-,14-,15-/m1/s1. The molecule has 0 saturated heterocycles. The minimum Gasteiger partial charge on any atom is -0.289 e. The van der Waals surface area contributed by atoms with E-state index < -0.39 is 0 Å². The predicted octanol–water partition coefficient (Wildman–Crippen LogP) is 2.73. The highest BCUT2D eigenvalue weighted by Gasteiger charge is 2.57. The van der Waals surface area contributed by atoms with Gasteiger partial charge in [-0.15, -0.1) is 11.3 Å². The Morgan fingerprint density at radius 3 is 2.82 bits per heavy atom. The summed E-state index contributed by atoms with van der Waals surface area (Å²) in [5.41, 5.74) is 4.08. The van der Waals surface area contributed by atoms with E-state index in [1.807, 2.05) is 30.9 Å². The number of thiazole rings is 1. The molecule has 5 nitrogen and oxygen atoms in total. The van der Waals surface area contributed by atoms with Gasteiger partial charge in [0.15, 0.2) is 0 Å². The third-order valence-electron chi connectivity index (χ3n) is 4.59. The fraction of sp³-hybridized carbons (Fsp3) is 0.438. The van der Waals surface area contributed by atoms with Crippen LogP contribution in [0.4, 0.5) is 0 Å². The normalized spacial score (nSPS) is 26.7. The second-order valence-electron chi connectivity index (χ2n) is 6.12. The first-order chi connectivity index (χ1) is 10.7. The van der Waals surface area contributed by atoms with Crippen LogP contribution < -0.4 is 5.48 Å². The molecule has 0 radical (unpaired) electrons. The molecule has 2 aliphatic carbocycles. The van der Waals surface area contributed by atoms with Crippen molar-refractivity contribution in [3.63, 3.8) is 0 Å². The molecule has 0 aliphatic heterocycles. The number of aromatic nitrogens is 2. The topological polar surface area (TPSA) is 75.1 Å². The molecule has 2 aromatic heterocycles. The zero-order chi connectivity index (χ0) is 15.3. The van der Waals surface area contributed by atoms with Crippen molar-refractivity contribution in [2.24, 2.45) is 5.92 Å². The zero-order valence-corrected chi connectivity index (χ0v) is 13.0.